The summed E-state index contributed by atoms with van der Waals surface area (Å²) in [5.74, 6) is 0.924. The molecule has 2 nitrogen and oxygen atoms in total. The highest BCUT2D eigenvalue weighted by molar-refractivity contribution is 5.27. The molecule has 0 aromatic heterocycles. The van der Waals surface area contributed by atoms with Gasteiger partial charge in [0.15, 0.2) is 0 Å². The highest BCUT2D eigenvalue weighted by Crippen LogP contribution is 2.14. The van der Waals surface area contributed by atoms with E-state index in [-0.39, 0.29) is 12.1 Å². The Kier molecular flexibility index (Phi) is 3.96. The molecule has 0 radical (unpaired) electrons. The van der Waals surface area contributed by atoms with Gasteiger partial charge in [-0.05, 0) is 44.9 Å². The van der Waals surface area contributed by atoms with Gasteiger partial charge in [0.05, 0.1) is 6.10 Å². The molecule has 0 bridgehead atoms. The molecule has 2 N–H and O–H groups in total. The van der Waals surface area contributed by atoms with Crippen molar-refractivity contribution in [3.8, 4) is 5.75 Å². The number of nitrogens with two attached hydrogens (primary N) is 1. The largest absolute Gasteiger partial charge is 0.491 e. The summed E-state index contributed by atoms with van der Waals surface area (Å²) in [6, 6.07) is 8.35. The topological polar surface area (TPSA) is 35.2 Å². The van der Waals surface area contributed by atoms with Gasteiger partial charge in [-0.1, -0.05) is 12.1 Å². The van der Waals surface area contributed by atoms with E-state index in [1.54, 1.807) is 0 Å². The Morgan fingerprint density at radius 1 is 1.14 bits per heavy atom. The van der Waals surface area contributed by atoms with Gasteiger partial charge in [0.1, 0.15) is 5.75 Å². The zero-order valence-electron chi connectivity index (χ0n) is 9.16. The Labute approximate surface area is 86.1 Å². The summed E-state index contributed by atoms with van der Waals surface area (Å²) in [6.07, 6.45) is 1.15. The van der Waals surface area contributed by atoms with Crippen LogP contribution in [0.3, 0.4) is 0 Å². The molecule has 0 saturated heterocycles. The predicted octanol–water partition coefficient (Wildman–Crippen LogP) is 2.36. The maximum absolute atomic E-state index is 5.71. The Morgan fingerprint density at radius 3 is 2.14 bits per heavy atom. The monoisotopic (exact) mass is 193 g/mol. The van der Waals surface area contributed by atoms with E-state index in [0.29, 0.717) is 0 Å². The van der Waals surface area contributed by atoms with Crippen molar-refractivity contribution in [3.05, 3.63) is 29.8 Å². The molecule has 2 heteroatoms. The first kappa shape index (κ1) is 11.1. The molecule has 1 aromatic carbocycles. The second-order valence-corrected chi connectivity index (χ2v) is 3.99. The van der Waals surface area contributed by atoms with Gasteiger partial charge in [-0.15, -0.1) is 0 Å². The van der Waals surface area contributed by atoms with E-state index in [1.165, 1.54) is 5.56 Å². The standard InChI is InChI=1S/C12H19NO/c1-9(2)14-12-6-4-11(5-7-12)8-10(3)13/h4-7,9-10H,8,13H2,1-3H3/t10-/m0/s1. The van der Waals surface area contributed by atoms with Crippen LogP contribution in [-0.2, 0) is 6.42 Å². The van der Waals surface area contributed by atoms with Gasteiger partial charge in [-0.2, -0.15) is 0 Å². The van der Waals surface area contributed by atoms with Crippen molar-refractivity contribution in [2.45, 2.75) is 39.3 Å². The lowest BCUT2D eigenvalue weighted by atomic mass is 10.1. The Morgan fingerprint density at radius 2 is 1.71 bits per heavy atom. The summed E-state index contributed by atoms with van der Waals surface area (Å²) < 4.78 is 5.54. The van der Waals surface area contributed by atoms with Crippen LogP contribution in [-0.4, -0.2) is 12.1 Å². The fourth-order valence-electron chi connectivity index (χ4n) is 1.35. The first-order valence-electron chi connectivity index (χ1n) is 5.09. The second kappa shape index (κ2) is 5.01. The molecular weight excluding hydrogens is 174 g/mol. The minimum atomic E-state index is 0.215. The lowest BCUT2D eigenvalue weighted by Crippen LogP contribution is -2.17. The predicted molar refractivity (Wildman–Crippen MR) is 59.6 cm³/mol. The van der Waals surface area contributed by atoms with Crippen LogP contribution < -0.4 is 10.5 Å². The summed E-state index contributed by atoms with van der Waals surface area (Å²) in [6.45, 7) is 6.06. The van der Waals surface area contributed by atoms with Crippen LogP contribution in [0.5, 0.6) is 5.75 Å². The third-order valence-electron chi connectivity index (χ3n) is 1.85. The second-order valence-electron chi connectivity index (χ2n) is 3.99. The molecule has 0 saturated carbocycles. The van der Waals surface area contributed by atoms with Gasteiger partial charge in [0.2, 0.25) is 0 Å². The molecule has 1 atom stereocenters. The van der Waals surface area contributed by atoms with Gasteiger partial charge in [0, 0.05) is 6.04 Å². The van der Waals surface area contributed by atoms with Crippen molar-refractivity contribution in [2.24, 2.45) is 5.73 Å². The maximum atomic E-state index is 5.71. The molecule has 0 spiro atoms. The zero-order chi connectivity index (χ0) is 10.6. The van der Waals surface area contributed by atoms with Crippen LogP contribution in [0.2, 0.25) is 0 Å². The Balaban J connectivity index is 2.59. The smallest absolute Gasteiger partial charge is 0.119 e. The fraction of sp³-hybridized carbons (Fsp3) is 0.500. The lowest BCUT2D eigenvalue weighted by Gasteiger charge is -2.10. The van der Waals surface area contributed by atoms with Gasteiger partial charge in [0.25, 0.3) is 0 Å². The van der Waals surface area contributed by atoms with Crippen LogP contribution in [0.25, 0.3) is 0 Å². The summed E-state index contributed by atoms with van der Waals surface area (Å²) in [5.41, 5.74) is 6.97. The summed E-state index contributed by atoms with van der Waals surface area (Å²) >= 11 is 0. The van der Waals surface area contributed by atoms with Crippen molar-refractivity contribution in [3.63, 3.8) is 0 Å². The average Bonchev–Trinajstić information content (AvgIpc) is 2.06. The molecule has 14 heavy (non-hydrogen) atoms. The van der Waals surface area contributed by atoms with Crippen LogP contribution >= 0.6 is 0 Å². The van der Waals surface area contributed by atoms with E-state index in [2.05, 4.69) is 12.1 Å². The molecule has 0 aliphatic rings. The van der Waals surface area contributed by atoms with Gasteiger partial charge < -0.3 is 10.5 Å². The van der Waals surface area contributed by atoms with Crippen molar-refractivity contribution < 1.29 is 4.74 Å². The van der Waals surface area contributed by atoms with Crippen molar-refractivity contribution in [2.75, 3.05) is 0 Å². The van der Waals surface area contributed by atoms with Gasteiger partial charge in [-0.3, -0.25) is 0 Å². The quantitative estimate of drug-likeness (QED) is 0.796. The van der Waals surface area contributed by atoms with Crippen LogP contribution in [0.15, 0.2) is 24.3 Å². The van der Waals surface area contributed by atoms with E-state index in [9.17, 15) is 0 Å². The number of benzene rings is 1. The van der Waals surface area contributed by atoms with Crippen molar-refractivity contribution in [1.82, 2.24) is 0 Å². The van der Waals surface area contributed by atoms with Gasteiger partial charge in [-0.25, -0.2) is 0 Å². The Bertz CT molecular complexity index is 235. The van der Waals surface area contributed by atoms with Crippen LogP contribution in [0.4, 0.5) is 0 Å². The number of hydrogen-bond donors (Lipinski definition) is 1. The molecule has 0 heterocycles. The molecule has 0 fully saturated rings. The van der Waals surface area contributed by atoms with Crippen LogP contribution in [0, 0.1) is 0 Å². The highest BCUT2D eigenvalue weighted by atomic mass is 16.5. The van der Waals surface area contributed by atoms with Crippen LogP contribution in [0.1, 0.15) is 26.3 Å². The number of hydrogen-bond acceptors (Lipinski definition) is 2. The summed E-state index contributed by atoms with van der Waals surface area (Å²) in [5, 5.41) is 0. The van der Waals surface area contributed by atoms with Crippen molar-refractivity contribution in [1.29, 1.82) is 0 Å². The lowest BCUT2D eigenvalue weighted by molar-refractivity contribution is 0.242. The van der Waals surface area contributed by atoms with E-state index in [1.807, 2.05) is 32.9 Å². The molecule has 1 rings (SSSR count). The first-order valence-corrected chi connectivity index (χ1v) is 5.09. The highest BCUT2D eigenvalue weighted by Gasteiger charge is 1.99. The van der Waals surface area contributed by atoms with E-state index >= 15 is 0 Å². The van der Waals surface area contributed by atoms with Crippen molar-refractivity contribution >= 4 is 0 Å². The molecule has 0 aliphatic heterocycles. The number of rotatable bonds is 4. The SMILES string of the molecule is CC(C)Oc1ccc(C[C@H](C)N)cc1. The molecular formula is C12H19NO. The minimum Gasteiger partial charge on any atom is -0.491 e. The molecule has 0 aliphatic carbocycles. The summed E-state index contributed by atoms with van der Waals surface area (Å²) in [7, 11) is 0. The molecule has 78 valence electrons. The molecule has 0 amide bonds. The normalized spacial score (nSPS) is 12.9. The fourth-order valence-corrected chi connectivity index (χ4v) is 1.35. The molecule has 0 unspecified atom stereocenters. The number of ether oxygens (including phenoxy) is 1. The maximum Gasteiger partial charge on any atom is 0.119 e. The zero-order valence-corrected chi connectivity index (χ0v) is 9.16. The minimum absolute atomic E-state index is 0.215. The van der Waals surface area contributed by atoms with E-state index in [4.69, 9.17) is 10.5 Å². The first-order chi connectivity index (χ1) is 6.58. The van der Waals surface area contributed by atoms with Gasteiger partial charge >= 0.3 is 0 Å². The Hall–Kier alpha value is -1.02. The summed E-state index contributed by atoms with van der Waals surface area (Å²) in [4.78, 5) is 0. The average molecular weight is 193 g/mol. The van der Waals surface area contributed by atoms with E-state index < -0.39 is 0 Å². The van der Waals surface area contributed by atoms with E-state index in [0.717, 1.165) is 12.2 Å². The third-order valence-corrected chi connectivity index (χ3v) is 1.85. The molecule has 1 aromatic rings. The third kappa shape index (κ3) is 3.79.